The molecule has 0 heterocycles. The lowest BCUT2D eigenvalue weighted by molar-refractivity contribution is 0.159. The summed E-state index contributed by atoms with van der Waals surface area (Å²) in [6.45, 7) is 13.5. The van der Waals surface area contributed by atoms with Gasteiger partial charge in [-0.05, 0) is 37.4 Å². The minimum Gasteiger partial charge on any atom is -0.417 e. The molecule has 0 aliphatic carbocycles. The molecule has 17 heavy (non-hydrogen) atoms. The normalized spacial score (nSPS) is 12.5. The molecule has 0 saturated heterocycles. The molecule has 0 unspecified atom stereocenters. The molecule has 0 aliphatic heterocycles. The molecule has 0 fully saturated rings. The van der Waals surface area contributed by atoms with Gasteiger partial charge in [0, 0.05) is 13.2 Å². The molecule has 0 bridgehead atoms. The summed E-state index contributed by atoms with van der Waals surface area (Å²) < 4.78 is 11.3. The number of ether oxygens (including phenoxy) is 1. The molecular formula is C14H28O2Si. The first-order valence-electron chi connectivity index (χ1n) is 6.46. The van der Waals surface area contributed by atoms with Crippen LogP contribution in [0.2, 0.25) is 18.1 Å². The predicted octanol–water partition coefficient (Wildman–Crippen LogP) is 3.83. The fourth-order valence-electron chi connectivity index (χ4n) is 1.16. The Balaban J connectivity index is 3.49. The van der Waals surface area contributed by atoms with Crippen LogP contribution in [-0.4, -0.2) is 28.1 Å². The smallest absolute Gasteiger partial charge is 0.191 e. The van der Waals surface area contributed by atoms with Gasteiger partial charge in [-0.15, -0.1) is 6.42 Å². The standard InChI is InChI=1S/C14H28O2Si/c1-7-11-15-12-9-8-10-13-16-17(5,6)14(2,3)4/h1H,8-13H2,2-6H3. The molecule has 0 saturated carbocycles. The molecule has 0 amide bonds. The summed E-state index contributed by atoms with van der Waals surface area (Å²) in [6.07, 6.45) is 8.43. The van der Waals surface area contributed by atoms with Gasteiger partial charge in [0.25, 0.3) is 0 Å². The third kappa shape index (κ3) is 7.59. The van der Waals surface area contributed by atoms with Crippen LogP contribution in [0.15, 0.2) is 0 Å². The second-order valence-corrected chi connectivity index (χ2v) is 10.7. The monoisotopic (exact) mass is 256 g/mol. The van der Waals surface area contributed by atoms with Crippen molar-refractivity contribution in [2.24, 2.45) is 0 Å². The number of unbranched alkanes of at least 4 members (excludes halogenated alkanes) is 2. The Morgan fingerprint density at radius 1 is 1.06 bits per heavy atom. The third-order valence-electron chi connectivity index (χ3n) is 3.39. The summed E-state index contributed by atoms with van der Waals surface area (Å²) in [5.74, 6) is 2.46. The van der Waals surface area contributed by atoms with Crippen molar-refractivity contribution < 1.29 is 9.16 Å². The molecule has 100 valence electrons. The molecular weight excluding hydrogens is 228 g/mol. The van der Waals surface area contributed by atoms with E-state index in [0.29, 0.717) is 11.6 Å². The maximum absolute atomic E-state index is 6.09. The van der Waals surface area contributed by atoms with Crippen LogP contribution in [0.25, 0.3) is 0 Å². The zero-order valence-corrected chi connectivity index (χ0v) is 13.1. The van der Waals surface area contributed by atoms with Gasteiger partial charge in [0.1, 0.15) is 6.61 Å². The van der Waals surface area contributed by atoms with Crippen LogP contribution in [0.1, 0.15) is 40.0 Å². The van der Waals surface area contributed by atoms with Crippen LogP contribution < -0.4 is 0 Å². The molecule has 3 heteroatoms. The van der Waals surface area contributed by atoms with Crippen molar-refractivity contribution in [3.63, 3.8) is 0 Å². The second-order valence-electron chi connectivity index (χ2n) is 5.93. The summed E-state index contributed by atoms with van der Waals surface area (Å²) in [5, 5.41) is 0.308. The summed E-state index contributed by atoms with van der Waals surface area (Å²) >= 11 is 0. The van der Waals surface area contributed by atoms with E-state index in [4.69, 9.17) is 15.6 Å². The lowest BCUT2D eigenvalue weighted by Crippen LogP contribution is -2.40. The van der Waals surface area contributed by atoms with Gasteiger partial charge >= 0.3 is 0 Å². The van der Waals surface area contributed by atoms with E-state index in [1.54, 1.807) is 0 Å². The molecule has 0 N–H and O–H groups in total. The highest BCUT2D eigenvalue weighted by Crippen LogP contribution is 2.36. The van der Waals surface area contributed by atoms with Gasteiger partial charge in [-0.25, -0.2) is 0 Å². The Labute approximate surface area is 108 Å². The molecule has 0 atom stereocenters. The highest BCUT2D eigenvalue weighted by Gasteiger charge is 2.36. The van der Waals surface area contributed by atoms with Crippen molar-refractivity contribution in [2.75, 3.05) is 19.8 Å². The number of hydrogen-bond donors (Lipinski definition) is 0. The summed E-state index contributed by atoms with van der Waals surface area (Å²) in [6, 6.07) is 0. The first-order chi connectivity index (χ1) is 7.81. The van der Waals surface area contributed by atoms with E-state index in [0.717, 1.165) is 32.5 Å². The Bertz CT molecular complexity index is 236. The lowest BCUT2D eigenvalue weighted by atomic mass is 10.2. The number of hydrogen-bond acceptors (Lipinski definition) is 2. The molecule has 0 spiro atoms. The van der Waals surface area contributed by atoms with E-state index in [9.17, 15) is 0 Å². The van der Waals surface area contributed by atoms with E-state index < -0.39 is 8.32 Å². The van der Waals surface area contributed by atoms with Crippen molar-refractivity contribution in [2.45, 2.75) is 58.2 Å². The molecule has 0 aromatic rings. The van der Waals surface area contributed by atoms with E-state index in [2.05, 4.69) is 39.8 Å². The Morgan fingerprint density at radius 3 is 2.18 bits per heavy atom. The van der Waals surface area contributed by atoms with Crippen LogP contribution in [0.3, 0.4) is 0 Å². The fourth-order valence-corrected chi connectivity index (χ4v) is 2.25. The van der Waals surface area contributed by atoms with Gasteiger partial charge in [-0.1, -0.05) is 26.7 Å². The van der Waals surface area contributed by atoms with Gasteiger partial charge in [-0.2, -0.15) is 0 Å². The molecule has 0 aromatic heterocycles. The largest absolute Gasteiger partial charge is 0.417 e. The average molecular weight is 256 g/mol. The van der Waals surface area contributed by atoms with Crippen molar-refractivity contribution in [1.29, 1.82) is 0 Å². The van der Waals surface area contributed by atoms with Gasteiger partial charge in [-0.3, -0.25) is 0 Å². The van der Waals surface area contributed by atoms with Gasteiger partial charge < -0.3 is 9.16 Å². The Kier molecular flexibility index (Phi) is 7.77. The second kappa shape index (κ2) is 7.92. The third-order valence-corrected chi connectivity index (χ3v) is 7.93. The van der Waals surface area contributed by atoms with Gasteiger partial charge in [0.2, 0.25) is 0 Å². The predicted molar refractivity (Wildman–Crippen MR) is 76.7 cm³/mol. The van der Waals surface area contributed by atoms with E-state index in [1.807, 2.05) is 0 Å². The van der Waals surface area contributed by atoms with Gasteiger partial charge in [0.15, 0.2) is 8.32 Å². The van der Waals surface area contributed by atoms with Crippen molar-refractivity contribution in [3.8, 4) is 12.3 Å². The summed E-state index contributed by atoms with van der Waals surface area (Å²) in [4.78, 5) is 0. The van der Waals surface area contributed by atoms with Crippen LogP contribution in [-0.2, 0) is 9.16 Å². The first kappa shape index (κ1) is 16.7. The van der Waals surface area contributed by atoms with E-state index in [-0.39, 0.29) is 0 Å². The molecule has 2 nitrogen and oxygen atoms in total. The molecule has 0 aliphatic rings. The maximum Gasteiger partial charge on any atom is 0.191 e. The molecule has 0 rings (SSSR count). The topological polar surface area (TPSA) is 18.5 Å². The summed E-state index contributed by atoms with van der Waals surface area (Å²) in [5.41, 5.74) is 0. The highest BCUT2D eigenvalue weighted by atomic mass is 28.4. The zero-order chi connectivity index (χ0) is 13.4. The average Bonchev–Trinajstić information content (AvgIpc) is 2.20. The zero-order valence-electron chi connectivity index (χ0n) is 12.1. The number of terminal acetylenes is 1. The van der Waals surface area contributed by atoms with Crippen LogP contribution in [0, 0.1) is 12.3 Å². The molecule has 0 aromatic carbocycles. The van der Waals surface area contributed by atoms with Crippen LogP contribution in [0.5, 0.6) is 0 Å². The quantitative estimate of drug-likeness (QED) is 0.373. The minimum absolute atomic E-state index is 0.308. The molecule has 0 radical (unpaired) electrons. The van der Waals surface area contributed by atoms with Crippen LogP contribution in [0.4, 0.5) is 0 Å². The minimum atomic E-state index is -1.54. The van der Waals surface area contributed by atoms with Crippen molar-refractivity contribution in [1.82, 2.24) is 0 Å². The van der Waals surface area contributed by atoms with E-state index >= 15 is 0 Å². The Hall–Kier alpha value is -0.303. The van der Waals surface area contributed by atoms with Gasteiger partial charge in [0.05, 0.1) is 0 Å². The lowest BCUT2D eigenvalue weighted by Gasteiger charge is -2.36. The van der Waals surface area contributed by atoms with Crippen LogP contribution >= 0.6 is 0 Å². The van der Waals surface area contributed by atoms with Crippen molar-refractivity contribution in [3.05, 3.63) is 0 Å². The number of rotatable bonds is 8. The summed E-state index contributed by atoms with van der Waals surface area (Å²) in [7, 11) is -1.54. The van der Waals surface area contributed by atoms with E-state index in [1.165, 1.54) is 0 Å². The Morgan fingerprint density at radius 2 is 1.65 bits per heavy atom. The SMILES string of the molecule is C#CCOCCCCCO[Si](C)(C)C(C)(C)C. The fraction of sp³-hybridized carbons (Fsp3) is 0.857. The maximum atomic E-state index is 6.09. The van der Waals surface area contributed by atoms with Crippen molar-refractivity contribution >= 4 is 8.32 Å². The first-order valence-corrected chi connectivity index (χ1v) is 9.37. The highest BCUT2D eigenvalue weighted by molar-refractivity contribution is 6.74.